The van der Waals surface area contributed by atoms with Crippen LogP contribution in [-0.4, -0.2) is 37.4 Å². The van der Waals surface area contributed by atoms with Crippen LogP contribution in [0.1, 0.15) is 44.1 Å². The lowest BCUT2D eigenvalue weighted by Crippen LogP contribution is -2.52. The number of nitrogens with one attached hydrogen (secondary N) is 2. The number of hydrogen-bond donors (Lipinski definition) is 2. The first kappa shape index (κ1) is 21.4. The molecular weight excluding hydrogens is 392 g/mol. The summed E-state index contributed by atoms with van der Waals surface area (Å²) in [5.74, 6) is 0.0568. The van der Waals surface area contributed by atoms with E-state index in [4.69, 9.17) is 9.47 Å². The van der Waals surface area contributed by atoms with Crippen molar-refractivity contribution in [2.75, 3.05) is 18.5 Å². The summed E-state index contributed by atoms with van der Waals surface area (Å²) in [5.41, 5.74) is 1.19. The van der Waals surface area contributed by atoms with Gasteiger partial charge in [-0.1, -0.05) is 48.5 Å². The van der Waals surface area contributed by atoms with Gasteiger partial charge in [-0.05, 0) is 49.8 Å². The van der Waals surface area contributed by atoms with E-state index in [0.29, 0.717) is 38.2 Å². The average Bonchev–Trinajstić information content (AvgIpc) is 2.81. The highest BCUT2D eigenvalue weighted by atomic mass is 16.6. The third-order valence-electron chi connectivity index (χ3n) is 6.36. The fourth-order valence-corrected chi connectivity index (χ4v) is 4.65. The second-order valence-corrected chi connectivity index (χ2v) is 8.42. The highest BCUT2D eigenvalue weighted by Crippen LogP contribution is 2.36. The normalized spacial score (nSPS) is 22.8. The van der Waals surface area contributed by atoms with E-state index in [-0.39, 0.29) is 18.1 Å². The maximum atomic E-state index is 13.5. The van der Waals surface area contributed by atoms with E-state index in [0.717, 1.165) is 24.8 Å². The summed E-state index contributed by atoms with van der Waals surface area (Å²) in [4.78, 5) is 25.7. The van der Waals surface area contributed by atoms with E-state index >= 15 is 0 Å². The molecule has 1 heterocycles. The van der Waals surface area contributed by atoms with Crippen LogP contribution in [-0.2, 0) is 19.7 Å². The van der Waals surface area contributed by atoms with Crippen LogP contribution in [0, 0.1) is 0 Å². The van der Waals surface area contributed by atoms with Gasteiger partial charge < -0.3 is 14.8 Å². The van der Waals surface area contributed by atoms with Crippen molar-refractivity contribution in [1.82, 2.24) is 5.32 Å². The zero-order valence-electron chi connectivity index (χ0n) is 17.7. The Morgan fingerprint density at radius 3 is 2.32 bits per heavy atom. The fraction of sp³-hybridized carbons (Fsp3) is 0.440. The molecule has 0 unspecified atom stereocenters. The number of carbonyl (C=O) groups excluding carboxylic acids is 2. The summed E-state index contributed by atoms with van der Waals surface area (Å²) in [5, 5.41) is 6.04. The molecule has 1 saturated heterocycles. The van der Waals surface area contributed by atoms with Gasteiger partial charge in [-0.15, -0.1) is 0 Å². The maximum Gasteiger partial charge on any atom is 0.411 e. The van der Waals surface area contributed by atoms with Crippen LogP contribution >= 0.6 is 0 Å². The highest BCUT2D eigenvalue weighted by Gasteiger charge is 2.42. The Morgan fingerprint density at radius 1 is 0.935 bits per heavy atom. The summed E-state index contributed by atoms with van der Waals surface area (Å²) < 4.78 is 11.2. The van der Waals surface area contributed by atoms with Crippen molar-refractivity contribution < 1.29 is 19.1 Å². The van der Waals surface area contributed by atoms with Gasteiger partial charge in [-0.25, -0.2) is 4.79 Å². The molecule has 6 heteroatoms. The van der Waals surface area contributed by atoms with Gasteiger partial charge in [-0.3, -0.25) is 10.1 Å². The topological polar surface area (TPSA) is 76.7 Å². The quantitative estimate of drug-likeness (QED) is 0.748. The molecule has 2 aliphatic rings. The summed E-state index contributed by atoms with van der Waals surface area (Å²) in [6.45, 7) is 1.16. The molecule has 0 aromatic heterocycles. The maximum absolute atomic E-state index is 13.5. The number of ether oxygens (including phenoxy) is 2. The van der Waals surface area contributed by atoms with Crippen molar-refractivity contribution >= 4 is 17.7 Å². The van der Waals surface area contributed by atoms with E-state index in [1.807, 2.05) is 60.7 Å². The minimum atomic E-state index is -0.558. The Morgan fingerprint density at radius 2 is 1.61 bits per heavy atom. The van der Waals surface area contributed by atoms with Gasteiger partial charge in [0.1, 0.15) is 6.10 Å². The molecule has 1 aliphatic heterocycles. The van der Waals surface area contributed by atoms with Crippen LogP contribution in [0.4, 0.5) is 10.5 Å². The van der Waals surface area contributed by atoms with Gasteiger partial charge in [0.25, 0.3) is 0 Å². The van der Waals surface area contributed by atoms with Gasteiger partial charge in [0.05, 0.1) is 5.41 Å². The third-order valence-corrected chi connectivity index (χ3v) is 6.36. The van der Waals surface area contributed by atoms with Gasteiger partial charge in [-0.2, -0.15) is 0 Å². The molecule has 31 heavy (non-hydrogen) atoms. The molecule has 0 radical (unpaired) electrons. The van der Waals surface area contributed by atoms with E-state index in [1.165, 1.54) is 0 Å². The first-order chi connectivity index (χ1) is 15.2. The van der Waals surface area contributed by atoms with Gasteiger partial charge in [0, 0.05) is 31.4 Å². The number of carbonyl (C=O) groups is 2. The zero-order chi connectivity index (χ0) is 21.5. The highest BCUT2D eigenvalue weighted by molar-refractivity contribution is 5.88. The Labute approximate surface area is 183 Å². The largest absolute Gasteiger partial charge is 0.446 e. The average molecular weight is 423 g/mol. The molecule has 2 atom stereocenters. The van der Waals surface area contributed by atoms with Crippen molar-refractivity contribution in [1.29, 1.82) is 0 Å². The first-order valence-electron chi connectivity index (χ1n) is 11.1. The van der Waals surface area contributed by atoms with Crippen LogP contribution < -0.4 is 10.6 Å². The summed E-state index contributed by atoms with van der Waals surface area (Å²) >= 11 is 0. The van der Waals surface area contributed by atoms with Crippen molar-refractivity contribution in [2.45, 2.75) is 56.1 Å². The second kappa shape index (κ2) is 9.96. The smallest absolute Gasteiger partial charge is 0.411 e. The van der Waals surface area contributed by atoms with Gasteiger partial charge in [0.15, 0.2) is 0 Å². The number of rotatable bonds is 5. The van der Waals surface area contributed by atoms with Crippen LogP contribution in [0.5, 0.6) is 0 Å². The molecule has 6 nitrogen and oxygen atoms in total. The van der Waals surface area contributed by atoms with Crippen molar-refractivity contribution in [3.63, 3.8) is 0 Å². The molecular formula is C25H30N2O4. The molecule has 2 fully saturated rings. The van der Waals surface area contributed by atoms with Crippen LogP contribution in [0.2, 0.25) is 0 Å². The molecule has 2 aromatic rings. The predicted octanol–water partition coefficient (Wildman–Crippen LogP) is 4.41. The Bertz CT molecular complexity index is 866. The summed E-state index contributed by atoms with van der Waals surface area (Å²) in [7, 11) is 0. The minimum absolute atomic E-state index is 0.000734. The van der Waals surface area contributed by atoms with Crippen molar-refractivity contribution in [3.8, 4) is 0 Å². The number of amides is 2. The summed E-state index contributed by atoms with van der Waals surface area (Å²) in [6.07, 6.45) is 3.95. The number of benzene rings is 2. The number of para-hydroxylation sites is 1. The van der Waals surface area contributed by atoms with E-state index in [2.05, 4.69) is 10.6 Å². The van der Waals surface area contributed by atoms with E-state index in [9.17, 15) is 9.59 Å². The second-order valence-electron chi connectivity index (χ2n) is 8.42. The third kappa shape index (κ3) is 5.25. The minimum Gasteiger partial charge on any atom is -0.446 e. The molecule has 1 aliphatic carbocycles. The molecule has 2 N–H and O–H groups in total. The lowest BCUT2D eigenvalue weighted by atomic mass is 9.73. The monoisotopic (exact) mass is 422 g/mol. The van der Waals surface area contributed by atoms with Gasteiger partial charge in [0.2, 0.25) is 5.91 Å². The predicted molar refractivity (Wildman–Crippen MR) is 119 cm³/mol. The van der Waals surface area contributed by atoms with E-state index < -0.39 is 11.5 Å². The van der Waals surface area contributed by atoms with Crippen molar-refractivity contribution in [2.24, 2.45) is 0 Å². The lowest BCUT2D eigenvalue weighted by Gasteiger charge is -2.38. The number of hydrogen-bond acceptors (Lipinski definition) is 4. The van der Waals surface area contributed by atoms with Crippen LogP contribution in [0.3, 0.4) is 0 Å². The zero-order valence-corrected chi connectivity index (χ0v) is 17.7. The molecule has 164 valence electrons. The van der Waals surface area contributed by atoms with E-state index in [1.54, 1.807) is 0 Å². The molecule has 1 saturated carbocycles. The Hall–Kier alpha value is -2.86. The molecule has 2 aromatic carbocycles. The number of anilines is 1. The first-order valence-corrected chi connectivity index (χ1v) is 11.1. The van der Waals surface area contributed by atoms with Crippen LogP contribution in [0.25, 0.3) is 0 Å². The SMILES string of the molecule is O=C(Nc1ccccc1)O[C@H]1CCC[C@@H](NC(=O)C2(c3ccccc3)CCOCC2)C1. The van der Waals surface area contributed by atoms with Crippen molar-refractivity contribution in [3.05, 3.63) is 66.2 Å². The molecule has 2 amide bonds. The molecule has 0 spiro atoms. The Balaban J connectivity index is 1.37. The summed E-state index contributed by atoms with van der Waals surface area (Å²) in [6, 6.07) is 19.3. The molecule has 0 bridgehead atoms. The Kier molecular flexibility index (Phi) is 6.87. The molecule has 4 rings (SSSR count). The van der Waals surface area contributed by atoms with Crippen LogP contribution in [0.15, 0.2) is 60.7 Å². The fourth-order valence-electron chi connectivity index (χ4n) is 4.65. The lowest BCUT2D eigenvalue weighted by molar-refractivity contribution is -0.131. The standard InChI is InChI=1S/C25H30N2O4/c28-23(25(14-16-30-17-15-25)19-8-3-1-4-9-19)26-21-12-7-13-22(18-21)31-24(29)27-20-10-5-2-6-11-20/h1-6,8-11,21-22H,7,12-18H2,(H,26,28)(H,27,29)/t21-,22+/m1/s1. The van der Waals surface area contributed by atoms with Gasteiger partial charge >= 0.3 is 6.09 Å².